The third kappa shape index (κ3) is 8.49. The van der Waals surface area contributed by atoms with Gasteiger partial charge in [0.1, 0.15) is 5.70 Å². The fraction of sp³-hybridized carbons (Fsp3) is 0.121. The third-order valence-electron chi connectivity index (χ3n) is 6.04. The Morgan fingerprint density at radius 2 is 1.50 bits per heavy atom. The number of nitrogens with one attached hydrogen (secondary N) is 3. The molecular weight excluding hydrogens is 550 g/mol. The summed E-state index contributed by atoms with van der Waals surface area (Å²) in [5.41, 5.74) is 3.42. The zero-order valence-corrected chi connectivity index (χ0v) is 24.3. The molecule has 9 heteroatoms. The van der Waals surface area contributed by atoms with Gasteiger partial charge in [0.15, 0.2) is 11.5 Å². The number of benzene rings is 4. The molecule has 0 unspecified atom stereocenters. The number of ether oxygens (including phenoxy) is 2. The highest BCUT2D eigenvalue weighted by molar-refractivity contribution is 8.00. The Kier molecular flexibility index (Phi) is 10.4. The first-order valence-electron chi connectivity index (χ1n) is 13.1. The molecule has 0 atom stereocenters. The van der Waals surface area contributed by atoms with Crippen LogP contribution in [0.15, 0.2) is 108 Å². The average molecular weight is 582 g/mol. The van der Waals surface area contributed by atoms with E-state index in [0.717, 1.165) is 16.1 Å². The molecule has 0 radical (unpaired) electrons. The number of thioether (sulfide) groups is 1. The van der Waals surface area contributed by atoms with Gasteiger partial charge in [0.2, 0.25) is 5.91 Å². The lowest BCUT2D eigenvalue weighted by molar-refractivity contribution is -0.114. The molecule has 4 aromatic carbocycles. The minimum atomic E-state index is -0.520. The van der Waals surface area contributed by atoms with E-state index in [0.29, 0.717) is 28.3 Å². The van der Waals surface area contributed by atoms with Crippen molar-refractivity contribution in [1.82, 2.24) is 5.32 Å². The number of amides is 3. The van der Waals surface area contributed by atoms with E-state index in [1.54, 1.807) is 72.8 Å². The summed E-state index contributed by atoms with van der Waals surface area (Å²) in [6.07, 6.45) is 1.56. The van der Waals surface area contributed by atoms with Gasteiger partial charge in [-0.15, -0.1) is 11.8 Å². The van der Waals surface area contributed by atoms with Gasteiger partial charge in [0.05, 0.1) is 20.0 Å². The average Bonchev–Trinajstić information content (AvgIpc) is 3.01. The molecular formula is C33H31N3O5S. The Morgan fingerprint density at radius 3 is 2.21 bits per heavy atom. The van der Waals surface area contributed by atoms with Crippen molar-refractivity contribution < 1.29 is 23.9 Å². The van der Waals surface area contributed by atoms with Crippen LogP contribution in [-0.4, -0.2) is 37.7 Å². The maximum atomic E-state index is 13.4. The zero-order chi connectivity index (χ0) is 29.9. The summed E-state index contributed by atoms with van der Waals surface area (Å²) in [5.74, 6) is 0.132. The number of aryl methyl sites for hydroxylation is 1. The molecule has 0 aromatic heterocycles. The summed E-state index contributed by atoms with van der Waals surface area (Å²) in [7, 11) is 3.06. The van der Waals surface area contributed by atoms with Gasteiger partial charge < -0.3 is 25.4 Å². The van der Waals surface area contributed by atoms with Crippen LogP contribution in [0.3, 0.4) is 0 Å². The standard InChI is InChI=1S/C33H31N3O5S/c1-22-12-15-25(16-13-22)34-31(37)21-42-27-11-7-10-26(20-27)35-33(39)28(36-32(38)24-8-5-4-6-9-24)18-23-14-17-29(40-2)30(19-23)41-3/h4-20H,21H2,1-3H3,(H,34,37)(H,35,39)(H,36,38)/b28-18+. The van der Waals surface area contributed by atoms with Crippen molar-refractivity contribution in [2.75, 3.05) is 30.6 Å². The van der Waals surface area contributed by atoms with Gasteiger partial charge in [0, 0.05) is 21.8 Å². The third-order valence-corrected chi connectivity index (χ3v) is 7.04. The quantitative estimate of drug-likeness (QED) is 0.145. The SMILES string of the molecule is COc1ccc(/C=C(/NC(=O)c2ccccc2)C(=O)Nc2cccc(SCC(=O)Nc3ccc(C)cc3)c2)cc1OC. The van der Waals surface area contributed by atoms with Gasteiger partial charge in [-0.2, -0.15) is 0 Å². The number of carbonyl (C=O) groups excluding carboxylic acids is 3. The van der Waals surface area contributed by atoms with Crippen LogP contribution in [-0.2, 0) is 9.59 Å². The lowest BCUT2D eigenvalue weighted by Gasteiger charge is -2.13. The van der Waals surface area contributed by atoms with Crippen LogP contribution in [0.1, 0.15) is 21.5 Å². The van der Waals surface area contributed by atoms with Crippen molar-refractivity contribution in [3.05, 3.63) is 119 Å². The molecule has 4 rings (SSSR count). The van der Waals surface area contributed by atoms with Crippen molar-refractivity contribution in [3.63, 3.8) is 0 Å². The highest BCUT2D eigenvalue weighted by Gasteiger charge is 2.16. The van der Waals surface area contributed by atoms with Crippen molar-refractivity contribution >= 4 is 46.9 Å². The van der Waals surface area contributed by atoms with Crippen LogP contribution in [0.25, 0.3) is 6.08 Å². The fourth-order valence-corrected chi connectivity index (χ4v) is 4.65. The lowest BCUT2D eigenvalue weighted by atomic mass is 10.1. The molecule has 0 aliphatic heterocycles. The lowest BCUT2D eigenvalue weighted by Crippen LogP contribution is -2.30. The Bertz CT molecular complexity index is 1590. The normalized spacial score (nSPS) is 10.9. The van der Waals surface area contributed by atoms with Gasteiger partial charge in [-0.1, -0.05) is 48.0 Å². The molecule has 0 heterocycles. The van der Waals surface area contributed by atoms with Gasteiger partial charge in [0.25, 0.3) is 11.8 Å². The van der Waals surface area contributed by atoms with E-state index < -0.39 is 11.8 Å². The Morgan fingerprint density at radius 1 is 0.762 bits per heavy atom. The summed E-state index contributed by atoms with van der Waals surface area (Å²) < 4.78 is 10.7. The zero-order valence-electron chi connectivity index (χ0n) is 23.5. The molecule has 4 aromatic rings. The highest BCUT2D eigenvalue weighted by Crippen LogP contribution is 2.28. The van der Waals surface area contributed by atoms with Crippen LogP contribution < -0.4 is 25.4 Å². The molecule has 0 fully saturated rings. The number of hydrogen-bond donors (Lipinski definition) is 3. The molecule has 42 heavy (non-hydrogen) atoms. The fourth-order valence-electron chi connectivity index (χ4n) is 3.90. The van der Waals surface area contributed by atoms with E-state index >= 15 is 0 Å². The molecule has 0 aliphatic rings. The van der Waals surface area contributed by atoms with E-state index in [-0.39, 0.29) is 17.4 Å². The molecule has 0 spiro atoms. The molecule has 3 amide bonds. The van der Waals surface area contributed by atoms with Crippen molar-refractivity contribution in [1.29, 1.82) is 0 Å². The number of carbonyl (C=O) groups is 3. The van der Waals surface area contributed by atoms with E-state index in [1.807, 2.05) is 37.3 Å². The minimum absolute atomic E-state index is 0.0339. The predicted octanol–water partition coefficient (Wildman–Crippen LogP) is 6.15. The second kappa shape index (κ2) is 14.6. The Labute approximate surface area is 249 Å². The summed E-state index contributed by atoms with van der Waals surface area (Å²) in [6, 6.07) is 28.6. The van der Waals surface area contributed by atoms with Crippen LogP contribution in [0.5, 0.6) is 11.5 Å². The number of anilines is 2. The molecule has 214 valence electrons. The molecule has 0 aliphatic carbocycles. The Balaban J connectivity index is 1.49. The van der Waals surface area contributed by atoms with E-state index in [1.165, 1.54) is 26.0 Å². The topological polar surface area (TPSA) is 106 Å². The van der Waals surface area contributed by atoms with Gasteiger partial charge >= 0.3 is 0 Å². The summed E-state index contributed by atoms with van der Waals surface area (Å²) >= 11 is 1.35. The van der Waals surface area contributed by atoms with Crippen LogP contribution in [0.4, 0.5) is 11.4 Å². The minimum Gasteiger partial charge on any atom is -0.493 e. The first kappa shape index (κ1) is 30.0. The highest BCUT2D eigenvalue weighted by atomic mass is 32.2. The predicted molar refractivity (Wildman–Crippen MR) is 167 cm³/mol. The second-order valence-electron chi connectivity index (χ2n) is 9.18. The maximum Gasteiger partial charge on any atom is 0.272 e. The summed E-state index contributed by atoms with van der Waals surface area (Å²) in [5, 5.41) is 8.46. The summed E-state index contributed by atoms with van der Waals surface area (Å²) in [6.45, 7) is 1.99. The summed E-state index contributed by atoms with van der Waals surface area (Å²) in [4.78, 5) is 39.6. The van der Waals surface area contributed by atoms with Crippen molar-refractivity contribution in [2.24, 2.45) is 0 Å². The van der Waals surface area contributed by atoms with Gasteiger partial charge in [-0.05, 0) is 73.2 Å². The van der Waals surface area contributed by atoms with E-state index in [9.17, 15) is 14.4 Å². The molecule has 3 N–H and O–H groups in total. The number of rotatable bonds is 11. The first-order chi connectivity index (χ1) is 20.3. The molecule has 0 saturated carbocycles. The van der Waals surface area contributed by atoms with E-state index in [2.05, 4.69) is 16.0 Å². The molecule has 0 bridgehead atoms. The molecule has 8 nitrogen and oxygen atoms in total. The monoisotopic (exact) mass is 581 g/mol. The first-order valence-corrected chi connectivity index (χ1v) is 14.0. The number of hydrogen-bond acceptors (Lipinski definition) is 6. The van der Waals surface area contributed by atoms with Gasteiger partial charge in [-0.25, -0.2) is 0 Å². The molecule has 0 saturated heterocycles. The largest absolute Gasteiger partial charge is 0.493 e. The second-order valence-corrected chi connectivity index (χ2v) is 10.2. The smallest absolute Gasteiger partial charge is 0.272 e. The van der Waals surface area contributed by atoms with Crippen LogP contribution in [0.2, 0.25) is 0 Å². The van der Waals surface area contributed by atoms with Crippen LogP contribution >= 0.6 is 11.8 Å². The Hall–Kier alpha value is -5.02. The van der Waals surface area contributed by atoms with Crippen LogP contribution in [0, 0.1) is 6.92 Å². The van der Waals surface area contributed by atoms with E-state index in [4.69, 9.17) is 9.47 Å². The maximum absolute atomic E-state index is 13.4. The number of methoxy groups -OCH3 is 2. The van der Waals surface area contributed by atoms with Crippen molar-refractivity contribution in [3.8, 4) is 11.5 Å². The van der Waals surface area contributed by atoms with Gasteiger partial charge in [-0.3, -0.25) is 14.4 Å². The van der Waals surface area contributed by atoms with Crippen molar-refractivity contribution in [2.45, 2.75) is 11.8 Å².